The van der Waals surface area contributed by atoms with E-state index in [9.17, 15) is 19.7 Å². The maximum atomic E-state index is 13.3. The van der Waals surface area contributed by atoms with Crippen molar-refractivity contribution >= 4 is 28.9 Å². The van der Waals surface area contributed by atoms with Gasteiger partial charge in [-0.05, 0) is 43.2 Å². The third-order valence-corrected chi connectivity index (χ3v) is 6.94. The minimum atomic E-state index is -0.507. The summed E-state index contributed by atoms with van der Waals surface area (Å²) < 4.78 is 5.08. The monoisotopic (exact) mass is 545 g/mol. The number of nitro groups is 1. The average Bonchev–Trinajstić information content (AvgIpc) is 2.96. The molecule has 1 fully saturated rings. The second kappa shape index (κ2) is 13.7. The van der Waals surface area contributed by atoms with E-state index in [1.807, 2.05) is 24.3 Å². The molecule has 1 saturated heterocycles. The fourth-order valence-electron chi connectivity index (χ4n) is 4.72. The second-order valence-corrected chi connectivity index (χ2v) is 9.80. The van der Waals surface area contributed by atoms with Crippen molar-refractivity contribution in [2.45, 2.75) is 19.9 Å². The molecule has 0 bridgehead atoms. The third-order valence-electron chi connectivity index (χ3n) is 6.94. The van der Waals surface area contributed by atoms with Gasteiger partial charge in [-0.2, -0.15) is 0 Å². The molecule has 0 aliphatic carbocycles. The quantitative estimate of drug-likeness (QED) is 0.210. The van der Waals surface area contributed by atoms with Gasteiger partial charge in [-0.1, -0.05) is 36.4 Å². The van der Waals surface area contributed by atoms with Gasteiger partial charge in [-0.3, -0.25) is 24.6 Å². The van der Waals surface area contributed by atoms with Gasteiger partial charge >= 0.3 is 0 Å². The van der Waals surface area contributed by atoms with E-state index < -0.39 is 10.8 Å². The van der Waals surface area contributed by atoms with Crippen molar-refractivity contribution in [3.05, 3.63) is 99.1 Å². The van der Waals surface area contributed by atoms with Crippen molar-refractivity contribution in [3.8, 4) is 0 Å². The topological polar surface area (TPSA) is 117 Å². The maximum absolute atomic E-state index is 13.3. The zero-order valence-corrected chi connectivity index (χ0v) is 22.9. The van der Waals surface area contributed by atoms with E-state index in [0.29, 0.717) is 36.4 Å². The van der Waals surface area contributed by atoms with E-state index in [0.717, 1.165) is 38.4 Å². The van der Waals surface area contributed by atoms with Crippen LogP contribution in [0.1, 0.15) is 38.3 Å². The molecule has 1 aliphatic rings. The summed E-state index contributed by atoms with van der Waals surface area (Å²) in [7, 11) is 1.62. The molecule has 0 unspecified atom stereocenters. The molecular weight excluding hydrogens is 510 g/mol. The molecule has 1 aliphatic heterocycles. The van der Waals surface area contributed by atoms with Gasteiger partial charge < -0.3 is 20.3 Å². The number of nitro benzene ring substituents is 1. The van der Waals surface area contributed by atoms with Gasteiger partial charge in [0.1, 0.15) is 0 Å². The van der Waals surface area contributed by atoms with Gasteiger partial charge in [0.05, 0.1) is 10.5 Å². The molecule has 10 nitrogen and oxygen atoms in total. The molecule has 0 radical (unpaired) electrons. The average molecular weight is 546 g/mol. The Hall–Kier alpha value is -4.28. The van der Waals surface area contributed by atoms with E-state index in [-0.39, 0.29) is 17.2 Å². The summed E-state index contributed by atoms with van der Waals surface area (Å²) in [5.74, 6) is -0.725. The van der Waals surface area contributed by atoms with Crippen LogP contribution in [-0.2, 0) is 11.3 Å². The molecule has 3 aromatic carbocycles. The lowest BCUT2D eigenvalue weighted by Crippen LogP contribution is -2.46. The van der Waals surface area contributed by atoms with Crippen LogP contribution < -0.4 is 15.5 Å². The summed E-state index contributed by atoms with van der Waals surface area (Å²) in [6.07, 6.45) is 0.679. The molecule has 210 valence electrons. The highest BCUT2D eigenvalue weighted by Gasteiger charge is 2.23. The molecule has 10 heteroatoms. The van der Waals surface area contributed by atoms with Gasteiger partial charge in [0.25, 0.3) is 17.5 Å². The Labute approximate surface area is 234 Å². The molecule has 3 aromatic rings. The number of carbonyl (C=O) groups excluding carboxylic acids is 2. The lowest BCUT2D eigenvalue weighted by molar-refractivity contribution is -0.385. The highest BCUT2D eigenvalue weighted by molar-refractivity contribution is 6.06. The number of carbonyl (C=O) groups is 2. The van der Waals surface area contributed by atoms with E-state index in [1.54, 1.807) is 38.3 Å². The van der Waals surface area contributed by atoms with E-state index in [2.05, 4.69) is 32.6 Å². The van der Waals surface area contributed by atoms with Crippen LogP contribution in [0, 0.1) is 17.0 Å². The number of benzene rings is 3. The molecular formula is C30H35N5O5. The van der Waals surface area contributed by atoms with Gasteiger partial charge in [-0.15, -0.1) is 0 Å². The summed E-state index contributed by atoms with van der Waals surface area (Å²) >= 11 is 0. The summed E-state index contributed by atoms with van der Waals surface area (Å²) in [6, 6.07) is 20.0. The lowest BCUT2D eigenvalue weighted by Gasteiger charge is -2.37. The first-order valence-corrected chi connectivity index (χ1v) is 13.3. The van der Waals surface area contributed by atoms with Crippen LogP contribution >= 0.6 is 0 Å². The van der Waals surface area contributed by atoms with Crippen molar-refractivity contribution < 1.29 is 19.2 Å². The number of methoxy groups -OCH3 is 1. The largest absolute Gasteiger partial charge is 0.385 e. The Morgan fingerprint density at radius 1 is 0.975 bits per heavy atom. The number of aryl methyl sites for hydroxylation is 1. The Morgan fingerprint density at radius 3 is 2.42 bits per heavy atom. The number of hydrogen-bond acceptors (Lipinski definition) is 7. The van der Waals surface area contributed by atoms with Crippen molar-refractivity contribution in [2.24, 2.45) is 0 Å². The Bertz CT molecular complexity index is 1340. The predicted molar refractivity (Wildman–Crippen MR) is 155 cm³/mol. The number of ether oxygens (including phenoxy) is 1. The first-order chi connectivity index (χ1) is 19.4. The standard InChI is InChI=1S/C30H35N5O5/c1-22-9-10-24(19-28(22)35(38)39)29(36)32-25-11-12-27(26(20-25)30(37)31-13-6-18-40-2)34-16-14-33(15-17-34)21-23-7-4-3-5-8-23/h3-5,7-12,19-20H,6,13-18,21H2,1-2H3,(H,31,37)(H,32,36). The summed E-state index contributed by atoms with van der Waals surface area (Å²) in [5.41, 5.74) is 3.48. The minimum absolute atomic E-state index is 0.120. The summed E-state index contributed by atoms with van der Waals surface area (Å²) in [6.45, 7) is 6.73. The molecule has 2 N–H and O–H groups in total. The van der Waals surface area contributed by atoms with E-state index >= 15 is 0 Å². The number of nitrogens with zero attached hydrogens (tertiary/aromatic N) is 3. The fraction of sp³-hybridized carbons (Fsp3) is 0.333. The second-order valence-electron chi connectivity index (χ2n) is 9.80. The zero-order valence-electron chi connectivity index (χ0n) is 22.9. The van der Waals surface area contributed by atoms with Crippen LogP contribution in [0.2, 0.25) is 0 Å². The first-order valence-electron chi connectivity index (χ1n) is 13.3. The fourth-order valence-corrected chi connectivity index (χ4v) is 4.72. The smallest absolute Gasteiger partial charge is 0.273 e. The molecule has 0 aromatic heterocycles. The van der Waals surface area contributed by atoms with Gasteiger partial charge in [0, 0.05) is 81.6 Å². The van der Waals surface area contributed by atoms with Crippen LogP contribution in [0.4, 0.5) is 17.1 Å². The molecule has 0 spiro atoms. The number of hydrogen-bond donors (Lipinski definition) is 2. The predicted octanol–water partition coefficient (Wildman–Crippen LogP) is 4.24. The van der Waals surface area contributed by atoms with Crippen LogP contribution in [0.5, 0.6) is 0 Å². The number of rotatable bonds is 11. The van der Waals surface area contributed by atoms with Crippen molar-refractivity contribution in [2.75, 3.05) is 56.7 Å². The van der Waals surface area contributed by atoms with E-state index in [4.69, 9.17) is 4.74 Å². The Kier molecular flexibility index (Phi) is 9.82. The normalized spacial score (nSPS) is 13.6. The number of nitrogens with one attached hydrogen (secondary N) is 2. The van der Waals surface area contributed by atoms with Gasteiger partial charge in [0.15, 0.2) is 0 Å². The van der Waals surface area contributed by atoms with E-state index in [1.165, 1.54) is 11.6 Å². The SMILES string of the molecule is COCCCNC(=O)c1cc(NC(=O)c2ccc(C)c([N+](=O)[O-])c2)ccc1N1CCN(Cc2ccccc2)CC1. The third kappa shape index (κ3) is 7.43. The Morgan fingerprint density at radius 2 is 1.73 bits per heavy atom. The van der Waals surface area contributed by atoms with Gasteiger partial charge in [-0.25, -0.2) is 0 Å². The maximum Gasteiger partial charge on any atom is 0.273 e. The highest BCUT2D eigenvalue weighted by Crippen LogP contribution is 2.27. The molecule has 1 heterocycles. The molecule has 4 rings (SSSR count). The minimum Gasteiger partial charge on any atom is -0.385 e. The molecule has 2 amide bonds. The van der Waals surface area contributed by atoms with Gasteiger partial charge in [0.2, 0.25) is 0 Å². The van der Waals surface area contributed by atoms with Crippen LogP contribution in [0.3, 0.4) is 0 Å². The highest BCUT2D eigenvalue weighted by atomic mass is 16.6. The number of anilines is 2. The number of piperazine rings is 1. The van der Waals surface area contributed by atoms with Crippen LogP contribution in [0.25, 0.3) is 0 Å². The molecule has 0 saturated carbocycles. The van der Waals surface area contributed by atoms with Crippen molar-refractivity contribution in [1.82, 2.24) is 10.2 Å². The van der Waals surface area contributed by atoms with Crippen molar-refractivity contribution in [1.29, 1.82) is 0 Å². The van der Waals surface area contributed by atoms with Crippen LogP contribution in [0.15, 0.2) is 66.7 Å². The van der Waals surface area contributed by atoms with Crippen LogP contribution in [-0.4, -0.2) is 68.1 Å². The van der Waals surface area contributed by atoms with Crippen molar-refractivity contribution in [3.63, 3.8) is 0 Å². The molecule has 0 atom stereocenters. The number of amides is 2. The summed E-state index contributed by atoms with van der Waals surface area (Å²) in [4.78, 5) is 41.6. The molecule has 40 heavy (non-hydrogen) atoms. The Balaban J connectivity index is 1.50. The first kappa shape index (κ1) is 28.7. The lowest BCUT2D eigenvalue weighted by atomic mass is 10.1. The zero-order chi connectivity index (χ0) is 28.5. The summed E-state index contributed by atoms with van der Waals surface area (Å²) in [5, 5.41) is 17.1.